The summed E-state index contributed by atoms with van der Waals surface area (Å²) in [7, 11) is 0. The van der Waals surface area contributed by atoms with Gasteiger partial charge in [0.05, 0.1) is 5.56 Å². The van der Waals surface area contributed by atoms with E-state index in [1.54, 1.807) is 18.2 Å². The first-order valence-electron chi connectivity index (χ1n) is 3.55. The third-order valence-corrected chi connectivity index (χ3v) is 1.62. The van der Waals surface area contributed by atoms with Crippen molar-refractivity contribution in [3.05, 3.63) is 35.4 Å². The Morgan fingerprint density at radius 1 is 1.36 bits per heavy atom. The quantitative estimate of drug-likeness (QED) is 0.631. The van der Waals surface area contributed by atoms with E-state index in [1.807, 2.05) is 13.0 Å². The zero-order valence-electron chi connectivity index (χ0n) is 6.33. The van der Waals surface area contributed by atoms with Crippen LogP contribution in [0.25, 0.3) is 0 Å². The van der Waals surface area contributed by atoms with Crippen LogP contribution in [-0.4, -0.2) is 5.97 Å². The summed E-state index contributed by atoms with van der Waals surface area (Å²) in [6.07, 6.45) is 0.726. The van der Waals surface area contributed by atoms with E-state index in [1.165, 1.54) is 0 Å². The topological polar surface area (TPSA) is 37.0 Å². The fraction of sp³-hybridized carbons (Fsp3) is 0.222. The second kappa shape index (κ2) is 3.19. The van der Waals surface area contributed by atoms with Gasteiger partial charge in [0.2, 0.25) is 0 Å². The molecule has 1 aromatic rings. The molecule has 11 heavy (non-hydrogen) atoms. The first-order chi connectivity index (χ1) is 5.25. The molecule has 0 spiro atoms. The molecule has 2 nitrogen and oxygen atoms in total. The Hall–Kier alpha value is -1.31. The number of carbonyl (C=O) groups excluding carboxylic acids is 1. The maximum Gasteiger partial charge on any atom is 0.386 e. The Labute approximate surface area is 65.5 Å². The predicted octanol–water partition coefficient (Wildman–Crippen LogP) is 1.82. The van der Waals surface area contributed by atoms with Crippen LogP contribution in [0.2, 0.25) is 0 Å². The van der Waals surface area contributed by atoms with Crippen LogP contribution in [0.1, 0.15) is 22.8 Å². The summed E-state index contributed by atoms with van der Waals surface area (Å²) in [5.41, 5.74) is 1.13. The maximum absolute atomic E-state index is 10.5. The first-order valence-corrected chi connectivity index (χ1v) is 3.55. The van der Waals surface area contributed by atoms with E-state index in [0.29, 0.717) is 5.56 Å². The van der Waals surface area contributed by atoms with Crippen molar-refractivity contribution in [2.45, 2.75) is 13.3 Å². The lowest BCUT2D eigenvalue weighted by Crippen LogP contribution is -1.98. The molecule has 0 atom stereocenters. The molecule has 0 aliphatic rings. The lowest BCUT2D eigenvalue weighted by molar-refractivity contribution is 0.0572. The largest absolute Gasteiger partial charge is 0.386 e. The number of benzene rings is 1. The molecule has 0 amide bonds. The van der Waals surface area contributed by atoms with Crippen molar-refractivity contribution in [3.63, 3.8) is 0 Å². The number of hydrogen-bond acceptors (Lipinski definition) is 1. The van der Waals surface area contributed by atoms with Crippen LogP contribution in [0, 0.1) is 0 Å². The zero-order valence-corrected chi connectivity index (χ0v) is 6.33. The van der Waals surface area contributed by atoms with E-state index >= 15 is 0 Å². The van der Waals surface area contributed by atoms with Crippen molar-refractivity contribution in [2.24, 2.45) is 0 Å². The van der Waals surface area contributed by atoms with Gasteiger partial charge in [0, 0.05) is 0 Å². The highest BCUT2D eigenvalue weighted by Gasteiger charge is 2.07. The van der Waals surface area contributed by atoms with Crippen molar-refractivity contribution in [3.8, 4) is 0 Å². The highest BCUT2D eigenvalue weighted by atomic mass is 16.4. The van der Waals surface area contributed by atoms with E-state index in [2.05, 4.69) is 0 Å². The molecule has 0 unspecified atom stereocenters. The molecule has 0 heterocycles. The van der Waals surface area contributed by atoms with Gasteiger partial charge in [-0.05, 0) is 18.1 Å². The van der Waals surface area contributed by atoms with Crippen molar-refractivity contribution in [1.29, 1.82) is 0 Å². The van der Waals surface area contributed by atoms with E-state index in [-0.39, 0.29) is 0 Å². The van der Waals surface area contributed by atoms with Crippen LogP contribution >= 0.6 is 0 Å². The Bertz CT molecular complexity index is 266. The van der Waals surface area contributed by atoms with Crippen LogP contribution in [-0.2, 0) is 11.5 Å². The van der Waals surface area contributed by atoms with E-state index in [9.17, 15) is 9.90 Å². The normalized spacial score (nSPS) is 9.55. The minimum atomic E-state index is -1.09. The summed E-state index contributed by atoms with van der Waals surface area (Å²) in [5, 5.41) is 10.5. The molecule has 0 bridgehead atoms. The van der Waals surface area contributed by atoms with E-state index in [4.69, 9.17) is 0 Å². The Kier molecular flexibility index (Phi) is 2.26. The molecule has 0 N–H and O–H groups in total. The Morgan fingerprint density at radius 2 is 2.00 bits per heavy atom. The van der Waals surface area contributed by atoms with Gasteiger partial charge in [-0.2, -0.15) is 0 Å². The highest BCUT2D eigenvalue weighted by molar-refractivity contribution is 5.88. The zero-order chi connectivity index (χ0) is 8.27. The van der Waals surface area contributed by atoms with Gasteiger partial charge in [-0.15, -0.1) is 0 Å². The molecule has 57 valence electrons. The van der Waals surface area contributed by atoms with Crippen molar-refractivity contribution in [2.75, 3.05) is 0 Å². The standard InChI is InChI=1S/C9H9O2/c1-2-7-5-3-4-6-8(7)9(10)11/h3-6H,2H2,1H3. The van der Waals surface area contributed by atoms with Gasteiger partial charge >= 0.3 is 5.97 Å². The van der Waals surface area contributed by atoms with Gasteiger partial charge < -0.3 is 0 Å². The van der Waals surface area contributed by atoms with Crippen LogP contribution in [0.3, 0.4) is 0 Å². The predicted molar refractivity (Wildman–Crippen MR) is 40.8 cm³/mol. The van der Waals surface area contributed by atoms with Gasteiger partial charge in [-0.3, -0.25) is 0 Å². The monoisotopic (exact) mass is 149 g/mol. The molecule has 0 saturated carbocycles. The van der Waals surface area contributed by atoms with Gasteiger partial charge in [0.1, 0.15) is 0 Å². The van der Waals surface area contributed by atoms with Gasteiger partial charge in [-0.1, -0.05) is 25.1 Å². The molecule has 1 rings (SSSR count). The van der Waals surface area contributed by atoms with Crippen LogP contribution in [0.5, 0.6) is 0 Å². The molecular formula is C9H9O2. The summed E-state index contributed by atoms with van der Waals surface area (Å²) in [5.74, 6) is -1.09. The summed E-state index contributed by atoms with van der Waals surface area (Å²) < 4.78 is 0. The summed E-state index contributed by atoms with van der Waals surface area (Å²) >= 11 is 0. The molecule has 2 heteroatoms. The van der Waals surface area contributed by atoms with Crippen LogP contribution in [0.15, 0.2) is 24.3 Å². The number of hydrogen-bond donors (Lipinski definition) is 0. The number of rotatable bonds is 2. The smallest absolute Gasteiger partial charge is 0.241 e. The minimum absolute atomic E-state index is 0.301. The molecular weight excluding hydrogens is 140 g/mol. The lowest BCUT2D eigenvalue weighted by atomic mass is 10.1. The van der Waals surface area contributed by atoms with Crippen LogP contribution in [0.4, 0.5) is 0 Å². The van der Waals surface area contributed by atoms with Crippen molar-refractivity contribution in [1.82, 2.24) is 0 Å². The minimum Gasteiger partial charge on any atom is -0.241 e. The Morgan fingerprint density at radius 3 is 2.45 bits per heavy atom. The number of aryl methyl sites for hydroxylation is 1. The molecule has 1 aromatic carbocycles. The average molecular weight is 149 g/mol. The van der Waals surface area contributed by atoms with Crippen molar-refractivity contribution < 1.29 is 9.90 Å². The molecule has 0 fully saturated rings. The van der Waals surface area contributed by atoms with Gasteiger partial charge in [0.15, 0.2) is 0 Å². The molecule has 1 radical (unpaired) electrons. The SMILES string of the molecule is CCc1ccccc1C([O])=O. The number of carbonyl (C=O) groups is 1. The van der Waals surface area contributed by atoms with Gasteiger partial charge in [0.25, 0.3) is 0 Å². The van der Waals surface area contributed by atoms with E-state index in [0.717, 1.165) is 12.0 Å². The summed E-state index contributed by atoms with van der Waals surface area (Å²) in [6, 6.07) is 6.88. The molecule has 0 aliphatic heterocycles. The fourth-order valence-electron chi connectivity index (χ4n) is 1.03. The van der Waals surface area contributed by atoms with Gasteiger partial charge in [-0.25, -0.2) is 9.90 Å². The third kappa shape index (κ3) is 1.58. The van der Waals surface area contributed by atoms with Crippen LogP contribution < -0.4 is 0 Å². The second-order valence-corrected chi connectivity index (χ2v) is 2.30. The first kappa shape index (κ1) is 7.79. The molecule has 0 aromatic heterocycles. The second-order valence-electron chi connectivity index (χ2n) is 2.30. The average Bonchev–Trinajstić information content (AvgIpc) is 2.04. The maximum atomic E-state index is 10.5. The Balaban J connectivity index is 3.12. The fourth-order valence-corrected chi connectivity index (χ4v) is 1.03. The molecule has 0 saturated heterocycles. The highest BCUT2D eigenvalue weighted by Crippen LogP contribution is 2.08. The third-order valence-electron chi connectivity index (χ3n) is 1.62. The van der Waals surface area contributed by atoms with E-state index < -0.39 is 5.97 Å². The summed E-state index contributed by atoms with van der Waals surface area (Å²) in [4.78, 5) is 10.5. The summed E-state index contributed by atoms with van der Waals surface area (Å²) in [6.45, 7) is 1.92. The van der Waals surface area contributed by atoms with Crippen molar-refractivity contribution >= 4 is 5.97 Å². The molecule has 0 aliphatic carbocycles. The lowest BCUT2D eigenvalue weighted by Gasteiger charge is -1.98.